The molecule has 37 heavy (non-hydrogen) atoms. The number of carbonyl (C=O) groups excluding carboxylic acids is 2. The van der Waals surface area contributed by atoms with E-state index in [2.05, 4.69) is 44.8 Å². The van der Waals surface area contributed by atoms with Crippen LogP contribution in [0.1, 0.15) is 66.1 Å². The van der Waals surface area contributed by atoms with Crippen molar-refractivity contribution in [3.8, 4) is 0 Å². The average molecular weight is 515 g/mol. The zero-order chi connectivity index (χ0) is 25.8. The number of carbonyl (C=O) groups is 2. The smallest absolute Gasteiger partial charge is 0.274 e. The van der Waals surface area contributed by atoms with Crippen LogP contribution < -0.4 is 15.5 Å². The van der Waals surface area contributed by atoms with Crippen molar-refractivity contribution in [3.05, 3.63) is 95.0 Å². The fourth-order valence-electron chi connectivity index (χ4n) is 4.83. The van der Waals surface area contributed by atoms with Gasteiger partial charge < -0.3 is 14.8 Å². The van der Waals surface area contributed by atoms with E-state index in [4.69, 9.17) is 4.98 Å². The monoisotopic (exact) mass is 514 g/mol. The van der Waals surface area contributed by atoms with E-state index < -0.39 is 0 Å². The Kier molecular flexibility index (Phi) is 7.32. The Balaban J connectivity index is 1.26. The highest BCUT2D eigenvalue weighted by molar-refractivity contribution is 7.14. The number of pyridine rings is 1. The van der Waals surface area contributed by atoms with Gasteiger partial charge in [-0.15, -0.1) is 11.3 Å². The highest BCUT2D eigenvalue weighted by atomic mass is 32.1. The lowest BCUT2D eigenvalue weighted by Gasteiger charge is -2.26. The molecule has 1 unspecified atom stereocenters. The summed E-state index contributed by atoms with van der Waals surface area (Å²) in [5.41, 5.74) is 4.84. The molecular formula is C28H30N6O2S. The van der Waals surface area contributed by atoms with E-state index in [1.807, 2.05) is 47.3 Å². The molecule has 0 aliphatic carbocycles. The number of hydrogen-bond donors (Lipinski definition) is 2. The number of anilines is 2. The molecule has 0 saturated carbocycles. The van der Waals surface area contributed by atoms with Crippen LogP contribution in [0.4, 0.5) is 10.8 Å². The van der Waals surface area contributed by atoms with E-state index in [9.17, 15) is 9.59 Å². The lowest BCUT2D eigenvalue weighted by Crippen LogP contribution is -2.24. The molecule has 2 atom stereocenters. The van der Waals surface area contributed by atoms with Crippen LogP contribution in [0.25, 0.3) is 0 Å². The molecule has 1 aliphatic heterocycles. The van der Waals surface area contributed by atoms with Crippen LogP contribution in [-0.2, 0) is 11.3 Å². The van der Waals surface area contributed by atoms with Gasteiger partial charge in [0.05, 0.1) is 17.8 Å². The first-order valence-electron chi connectivity index (χ1n) is 12.4. The highest BCUT2D eigenvalue weighted by Gasteiger charge is 2.28. The molecule has 5 rings (SSSR count). The van der Waals surface area contributed by atoms with Crippen molar-refractivity contribution in [2.24, 2.45) is 0 Å². The highest BCUT2D eigenvalue weighted by Crippen LogP contribution is 2.37. The Morgan fingerprint density at radius 2 is 1.92 bits per heavy atom. The first kappa shape index (κ1) is 24.7. The largest absolute Gasteiger partial charge is 0.363 e. The molecule has 1 saturated heterocycles. The van der Waals surface area contributed by atoms with Gasteiger partial charge in [-0.3, -0.25) is 19.9 Å². The van der Waals surface area contributed by atoms with Gasteiger partial charge >= 0.3 is 0 Å². The second kappa shape index (κ2) is 11.0. The third-order valence-electron chi connectivity index (χ3n) is 6.65. The van der Waals surface area contributed by atoms with E-state index in [1.165, 1.54) is 18.3 Å². The number of hydrogen-bond acceptors (Lipinski definition) is 6. The Labute approximate surface area is 220 Å². The van der Waals surface area contributed by atoms with E-state index in [1.54, 1.807) is 12.4 Å². The summed E-state index contributed by atoms with van der Waals surface area (Å²) in [4.78, 5) is 35.6. The predicted molar refractivity (Wildman–Crippen MR) is 146 cm³/mol. The number of thiazole rings is 1. The Bertz CT molecular complexity index is 1360. The van der Waals surface area contributed by atoms with Gasteiger partial charge in [0.2, 0.25) is 5.91 Å². The van der Waals surface area contributed by atoms with Gasteiger partial charge in [0.25, 0.3) is 5.91 Å². The molecule has 0 radical (unpaired) electrons. The lowest BCUT2D eigenvalue weighted by atomic mass is 10.1. The molecule has 1 aromatic carbocycles. The minimum absolute atomic E-state index is 0.0311. The fourth-order valence-corrected chi connectivity index (χ4v) is 5.58. The first-order valence-corrected chi connectivity index (χ1v) is 13.3. The van der Waals surface area contributed by atoms with Crippen molar-refractivity contribution >= 4 is 34.0 Å². The van der Waals surface area contributed by atoms with Crippen LogP contribution in [0.5, 0.6) is 0 Å². The maximum absolute atomic E-state index is 13.0. The summed E-state index contributed by atoms with van der Waals surface area (Å²) in [6, 6.07) is 16.1. The number of nitrogens with zero attached hydrogens (tertiary/aromatic N) is 4. The van der Waals surface area contributed by atoms with E-state index in [0.29, 0.717) is 17.4 Å². The van der Waals surface area contributed by atoms with Crippen LogP contribution >= 0.6 is 11.3 Å². The molecular weight excluding hydrogens is 484 g/mol. The van der Waals surface area contributed by atoms with Crippen molar-refractivity contribution in [2.45, 2.75) is 45.3 Å². The van der Waals surface area contributed by atoms with Crippen molar-refractivity contribution in [1.29, 1.82) is 0 Å². The van der Waals surface area contributed by atoms with Gasteiger partial charge in [0.1, 0.15) is 5.69 Å². The van der Waals surface area contributed by atoms with Crippen LogP contribution in [0.3, 0.4) is 0 Å². The number of amides is 2. The van der Waals surface area contributed by atoms with Crippen molar-refractivity contribution in [3.63, 3.8) is 0 Å². The maximum Gasteiger partial charge on any atom is 0.274 e. The SMILES string of the molecule is CC(=O)N[C@H](C)c1ccc(N2CCCC2c2csc(NC(=O)c3cccn3Cc3ccncc3)n2)cc1. The van der Waals surface area contributed by atoms with Gasteiger partial charge in [0.15, 0.2) is 5.13 Å². The number of aromatic nitrogens is 3. The third-order valence-corrected chi connectivity index (χ3v) is 7.42. The second-order valence-corrected chi connectivity index (χ2v) is 10.1. The average Bonchev–Trinajstić information content (AvgIpc) is 3.65. The zero-order valence-electron chi connectivity index (χ0n) is 20.9. The molecule has 8 nitrogen and oxygen atoms in total. The molecule has 190 valence electrons. The summed E-state index contributed by atoms with van der Waals surface area (Å²) in [6.07, 6.45) is 7.50. The summed E-state index contributed by atoms with van der Waals surface area (Å²) in [6.45, 7) is 5.06. The van der Waals surface area contributed by atoms with Crippen molar-refractivity contribution in [1.82, 2.24) is 19.9 Å². The molecule has 1 aliphatic rings. The second-order valence-electron chi connectivity index (χ2n) is 9.27. The molecule has 3 aromatic heterocycles. The topological polar surface area (TPSA) is 92.2 Å². The molecule has 2 N–H and O–H groups in total. The molecule has 4 heterocycles. The minimum atomic E-state index is -0.174. The lowest BCUT2D eigenvalue weighted by molar-refractivity contribution is -0.119. The quantitative estimate of drug-likeness (QED) is 0.338. The molecule has 2 amide bonds. The fraction of sp³-hybridized carbons (Fsp3) is 0.286. The number of benzene rings is 1. The Hall–Kier alpha value is -3.98. The zero-order valence-corrected chi connectivity index (χ0v) is 21.7. The van der Waals surface area contributed by atoms with Gasteiger partial charge in [0, 0.05) is 49.7 Å². The van der Waals surface area contributed by atoms with Crippen LogP contribution in [0, 0.1) is 0 Å². The predicted octanol–water partition coefficient (Wildman–Crippen LogP) is 5.18. The molecule has 0 bridgehead atoms. The normalized spacial score (nSPS) is 15.9. The Morgan fingerprint density at radius 3 is 2.68 bits per heavy atom. The summed E-state index contributed by atoms with van der Waals surface area (Å²) in [5, 5.41) is 8.56. The molecule has 4 aromatic rings. The third kappa shape index (κ3) is 5.72. The summed E-state index contributed by atoms with van der Waals surface area (Å²) >= 11 is 1.45. The molecule has 1 fully saturated rings. The van der Waals surface area contributed by atoms with Crippen molar-refractivity contribution < 1.29 is 9.59 Å². The van der Waals surface area contributed by atoms with Gasteiger partial charge in [-0.2, -0.15) is 0 Å². The van der Waals surface area contributed by atoms with E-state index in [-0.39, 0.29) is 23.9 Å². The summed E-state index contributed by atoms with van der Waals surface area (Å²) in [5.74, 6) is -0.211. The van der Waals surface area contributed by atoms with Crippen LogP contribution in [0.15, 0.2) is 72.5 Å². The molecule has 0 spiro atoms. The standard InChI is InChI=1S/C28H30N6O2S/c1-19(30-20(2)35)22-7-9-23(10-8-22)34-16-4-5-25(34)24-18-37-28(31-24)32-27(36)26-6-3-15-33(26)17-21-11-13-29-14-12-21/h3,6-15,18-19,25H,4-5,16-17H2,1-2H3,(H,30,35)(H,31,32,36)/t19-,25?/m1/s1. The van der Waals surface area contributed by atoms with Gasteiger partial charge in [-0.05, 0) is 67.3 Å². The maximum atomic E-state index is 13.0. The number of rotatable bonds is 8. The van der Waals surface area contributed by atoms with Crippen molar-refractivity contribution in [2.75, 3.05) is 16.8 Å². The summed E-state index contributed by atoms with van der Waals surface area (Å²) < 4.78 is 1.92. The van der Waals surface area contributed by atoms with E-state index in [0.717, 1.165) is 41.9 Å². The minimum Gasteiger partial charge on any atom is -0.363 e. The summed E-state index contributed by atoms with van der Waals surface area (Å²) in [7, 11) is 0. The van der Waals surface area contributed by atoms with Gasteiger partial charge in [-0.1, -0.05) is 12.1 Å². The number of nitrogens with one attached hydrogen (secondary N) is 2. The van der Waals surface area contributed by atoms with Crippen LogP contribution in [-0.4, -0.2) is 32.9 Å². The Morgan fingerprint density at radius 1 is 1.14 bits per heavy atom. The van der Waals surface area contributed by atoms with Crippen LogP contribution in [0.2, 0.25) is 0 Å². The van der Waals surface area contributed by atoms with Gasteiger partial charge in [-0.25, -0.2) is 4.98 Å². The molecule has 9 heteroatoms. The first-order chi connectivity index (χ1) is 18.0. The van der Waals surface area contributed by atoms with E-state index >= 15 is 0 Å².